The molecule has 2 aromatic rings. The maximum Gasteiger partial charge on any atom is 0.146 e. The van der Waals surface area contributed by atoms with E-state index in [4.69, 9.17) is 11.6 Å². The van der Waals surface area contributed by atoms with Crippen molar-refractivity contribution in [3.05, 3.63) is 52.1 Å². The molecule has 0 aliphatic rings. The van der Waals surface area contributed by atoms with E-state index in [1.54, 1.807) is 22.9 Å². The van der Waals surface area contributed by atoms with Crippen LogP contribution in [0.15, 0.2) is 24.4 Å². The highest BCUT2D eigenvalue weighted by molar-refractivity contribution is 6.30. The normalized spacial score (nSPS) is 11.3. The van der Waals surface area contributed by atoms with Gasteiger partial charge in [0, 0.05) is 29.9 Å². The smallest absolute Gasteiger partial charge is 0.146 e. The number of nitrogens with zero attached hydrogens (tertiary/aromatic N) is 2. The molecule has 1 N–H and O–H groups in total. The number of aryl methyl sites for hydroxylation is 1. The van der Waals surface area contributed by atoms with Crippen LogP contribution in [-0.4, -0.2) is 15.8 Å². The van der Waals surface area contributed by atoms with Gasteiger partial charge in [-0.3, -0.25) is 4.68 Å². The molecule has 0 spiro atoms. The maximum atomic E-state index is 13.9. The molecule has 0 fully saturated rings. The minimum Gasteiger partial charge on any atom is -0.310 e. The third-order valence-corrected chi connectivity index (χ3v) is 3.40. The molecule has 1 aromatic heterocycles. The molecule has 1 aromatic carbocycles. The summed E-state index contributed by atoms with van der Waals surface area (Å²) in [5, 5.41) is 7.92. The van der Waals surface area contributed by atoms with E-state index in [1.165, 1.54) is 0 Å². The van der Waals surface area contributed by atoms with Crippen LogP contribution in [0.25, 0.3) is 0 Å². The monoisotopic (exact) mass is 295 g/mol. The topological polar surface area (TPSA) is 29.9 Å². The minimum atomic E-state index is -0.371. The first-order valence-corrected chi connectivity index (χ1v) is 7.04. The van der Waals surface area contributed by atoms with Gasteiger partial charge in [-0.1, -0.05) is 37.6 Å². The summed E-state index contributed by atoms with van der Waals surface area (Å²) in [6.45, 7) is 7.31. The predicted octanol–water partition coefficient (Wildman–Crippen LogP) is 3.53. The van der Waals surface area contributed by atoms with E-state index < -0.39 is 0 Å². The first-order valence-electron chi connectivity index (χ1n) is 6.66. The SMILES string of the molecule is Cc1nn(Cc2cccc(Cl)c2F)cc1CNC(C)C. The summed E-state index contributed by atoms with van der Waals surface area (Å²) in [5.74, 6) is -0.371. The van der Waals surface area contributed by atoms with E-state index in [0.717, 1.165) is 17.8 Å². The van der Waals surface area contributed by atoms with Crippen molar-refractivity contribution in [2.24, 2.45) is 0 Å². The summed E-state index contributed by atoms with van der Waals surface area (Å²) >= 11 is 5.79. The van der Waals surface area contributed by atoms with Crippen molar-refractivity contribution in [2.75, 3.05) is 0 Å². The standard InChI is InChI=1S/C15H19ClFN3/c1-10(2)18-7-13-9-20(19-11(13)3)8-12-5-4-6-14(16)15(12)17/h4-6,9-10,18H,7-8H2,1-3H3. The summed E-state index contributed by atoms with van der Waals surface area (Å²) in [6, 6.07) is 5.44. The Hall–Kier alpha value is -1.39. The van der Waals surface area contributed by atoms with Crippen LogP contribution in [0.5, 0.6) is 0 Å². The van der Waals surface area contributed by atoms with Crippen LogP contribution in [0.3, 0.4) is 0 Å². The molecule has 2 rings (SSSR count). The van der Waals surface area contributed by atoms with E-state index in [9.17, 15) is 4.39 Å². The van der Waals surface area contributed by atoms with Crippen molar-refractivity contribution in [1.82, 2.24) is 15.1 Å². The first kappa shape index (κ1) is 15.0. The second kappa shape index (κ2) is 6.37. The molecular weight excluding hydrogens is 277 g/mol. The Morgan fingerprint density at radius 1 is 1.35 bits per heavy atom. The molecule has 0 saturated carbocycles. The van der Waals surface area contributed by atoms with Gasteiger partial charge in [0.15, 0.2) is 0 Å². The highest BCUT2D eigenvalue weighted by atomic mass is 35.5. The predicted molar refractivity (Wildman–Crippen MR) is 79.5 cm³/mol. The average molecular weight is 296 g/mol. The fraction of sp³-hybridized carbons (Fsp3) is 0.400. The molecule has 0 bridgehead atoms. The van der Waals surface area contributed by atoms with Crippen molar-refractivity contribution < 1.29 is 4.39 Å². The number of rotatable bonds is 5. The quantitative estimate of drug-likeness (QED) is 0.914. The average Bonchev–Trinajstić information content (AvgIpc) is 2.73. The number of hydrogen-bond acceptors (Lipinski definition) is 2. The van der Waals surface area contributed by atoms with Crippen molar-refractivity contribution in [3.63, 3.8) is 0 Å². The van der Waals surface area contributed by atoms with Crippen LogP contribution in [0.4, 0.5) is 4.39 Å². The summed E-state index contributed by atoms with van der Waals surface area (Å²) < 4.78 is 15.6. The van der Waals surface area contributed by atoms with Crippen molar-refractivity contribution in [3.8, 4) is 0 Å². The van der Waals surface area contributed by atoms with Gasteiger partial charge in [0.2, 0.25) is 0 Å². The summed E-state index contributed by atoms with van der Waals surface area (Å²) in [7, 11) is 0. The molecule has 0 unspecified atom stereocenters. The Morgan fingerprint density at radius 3 is 2.80 bits per heavy atom. The highest BCUT2D eigenvalue weighted by Gasteiger charge is 2.10. The Morgan fingerprint density at radius 2 is 2.10 bits per heavy atom. The minimum absolute atomic E-state index is 0.146. The lowest BCUT2D eigenvalue weighted by Crippen LogP contribution is -2.21. The third-order valence-electron chi connectivity index (χ3n) is 3.11. The van der Waals surface area contributed by atoms with Crippen LogP contribution in [-0.2, 0) is 13.1 Å². The van der Waals surface area contributed by atoms with Gasteiger partial charge in [0.25, 0.3) is 0 Å². The zero-order chi connectivity index (χ0) is 14.7. The van der Waals surface area contributed by atoms with Crippen LogP contribution in [0.1, 0.15) is 30.7 Å². The third kappa shape index (κ3) is 3.58. The van der Waals surface area contributed by atoms with Crippen LogP contribution in [0.2, 0.25) is 5.02 Å². The zero-order valence-electron chi connectivity index (χ0n) is 12.0. The zero-order valence-corrected chi connectivity index (χ0v) is 12.7. The van der Waals surface area contributed by atoms with E-state index in [0.29, 0.717) is 18.2 Å². The summed E-state index contributed by atoms with van der Waals surface area (Å²) in [4.78, 5) is 0. The first-order chi connectivity index (χ1) is 9.47. The number of benzene rings is 1. The molecule has 0 aliphatic heterocycles. The van der Waals surface area contributed by atoms with E-state index >= 15 is 0 Å². The Kier molecular flexibility index (Phi) is 4.78. The summed E-state index contributed by atoms with van der Waals surface area (Å²) in [6.07, 6.45) is 1.95. The Balaban J connectivity index is 2.14. The largest absolute Gasteiger partial charge is 0.310 e. The molecule has 20 heavy (non-hydrogen) atoms. The van der Waals surface area contributed by atoms with Gasteiger partial charge in [0.05, 0.1) is 17.3 Å². The van der Waals surface area contributed by atoms with Gasteiger partial charge in [-0.2, -0.15) is 5.10 Å². The van der Waals surface area contributed by atoms with Crippen molar-refractivity contribution >= 4 is 11.6 Å². The molecule has 0 saturated heterocycles. The van der Waals surface area contributed by atoms with Gasteiger partial charge in [-0.25, -0.2) is 4.39 Å². The fourth-order valence-corrected chi connectivity index (χ4v) is 2.17. The van der Waals surface area contributed by atoms with E-state index in [2.05, 4.69) is 24.3 Å². The molecule has 108 valence electrons. The Labute approximate surface area is 123 Å². The van der Waals surface area contributed by atoms with Crippen LogP contribution in [0, 0.1) is 12.7 Å². The molecule has 0 radical (unpaired) electrons. The maximum absolute atomic E-state index is 13.9. The molecule has 0 atom stereocenters. The second-order valence-electron chi connectivity index (χ2n) is 5.19. The fourth-order valence-electron chi connectivity index (χ4n) is 1.97. The van der Waals surface area contributed by atoms with Gasteiger partial charge >= 0.3 is 0 Å². The number of hydrogen-bond donors (Lipinski definition) is 1. The van der Waals surface area contributed by atoms with Crippen LogP contribution < -0.4 is 5.32 Å². The molecule has 0 amide bonds. The summed E-state index contributed by atoms with van der Waals surface area (Å²) in [5.41, 5.74) is 2.63. The Bertz CT molecular complexity index is 593. The van der Waals surface area contributed by atoms with Crippen molar-refractivity contribution in [1.29, 1.82) is 0 Å². The van der Waals surface area contributed by atoms with E-state index in [1.807, 2.05) is 13.1 Å². The van der Waals surface area contributed by atoms with Gasteiger partial charge < -0.3 is 5.32 Å². The lowest BCUT2D eigenvalue weighted by molar-refractivity contribution is 0.581. The number of nitrogens with one attached hydrogen (secondary N) is 1. The highest BCUT2D eigenvalue weighted by Crippen LogP contribution is 2.19. The second-order valence-corrected chi connectivity index (χ2v) is 5.59. The van der Waals surface area contributed by atoms with E-state index in [-0.39, 0.29) is 10.8 Å². The number of aromatic nitrogens is 2. The molecule has 0 aliphatic carbocycles. The van der Waals surface area contributed by atoms with Gasteiger partial charge in [-0.15, -0.1) is 0 Å². The molecular formula is C15H19ClFN3. The molecule has 5 heteroatoms. The molecule has 1 heterocycles. The van der Waals surface area contributed by atoms with Gasteiger partial charge in [0.1, 0.15) is 5.82 Å². The lowest BCUT2D eigenvalue weighted by atomic mass is 10.2. The van der Waals surface area contributed by atoms with Crippen molar-refractivity contribution in [2.45, 2.75) is 39.9 Å². The molecule has 3 nitrogen and oxygen atoms in total. The van der Waals surface area contributed by atoms with Gasteiger partial charge in [-0.05, 0) is 13.0 Å². The lowest BCUT2D eigenvalue weighted by Gasteiger charge is -2.06. The van der Waals surface area contributed by atoms with Crippen LogP contribution >= 0.6 is 11.6 Å². The number of halogens is 2.